The summed E-state index contributed by atoms with van der Waals surface area (Å²) in [5.74, 6) is 0. The van der Waals surface area contributed by atoms with Crippen LogP contribution in [0.4, 0.5) is 5.69 Å². The van der Waals surface area contributed by atoms with Gasteiger partial charge < -0.3 is 15.4 Å². The van der Waals surface area contributed by atoms with E-state index < -0.39 is 0 Å². The molecule has 0 spiro atoms. The molecule has 1 aromatic heterocycles. The first-order valence-electron chi connectivity index (χ1n) is 5.69. The molecule has 0 saturated carbocycles. The predicted molar refractivity (Wildman–Crippen MR) is 64.6 cm³/mol. The zero-order valence-electron chi connectivity index (χ0n) is 9.84. The first-order chi connectivity index (χ1) is 8.20. The lowest BCUT2D eigenvalue weighted by Gasteiger charge is -2.36. The summed E-state index contributed by atoms with van der Waals surface area (Å²) < 4.78 is 5.60. The second kappa shape index (κ2) is 5.13. The maximum absolute atomic E-state index is 8.82. The number of hydrogen-bond donors (Lipinski definition) is 1. The number of pyridine rings is 1. The summed E-state index contributed by atoms with van der Waals surface area (Å²) >= 11 is 0. The van der Waals surface area contributed by atoms with E-state index in [1.54, 1.807) is 12.3 Å². The quantitative estimate of drug-likeness (QED) is 0.804. The van der Waals surface area contributed by atoms with Gasteiger partial charge in [0.05, 0.1) is 12.7 Å². The molecule has 2 unspecified atom stereocenters. The van der Waals surface area contributed by atoms with Gasteiger partial charge in [0.1, 0.15) is 11.8 Å². The largest absolute Gasteiger partial charge is 0.373 e. The van der Waals surface area contributed by atoms with Gasteiger partial charge in [0.2, 0.25) is 0 Å². The van der Waals surface area contributed by atoms with E-state index in [-0.39, 0.29) is 12.1 Å². The minimum absolute atomic E-state index is 0.00933. The molecule has 1 saturated heterocycles. The average Bonchev–Trinajstić information content (AvgIpc) is 2.39. The number of anilines is 1. The molecular weight excluding hydrogens is 216 g/mol. The molecular formula is C12H16N4O. The number of nitriles is 1. The minimum Gasteiger partial charge on any atom is -0.373 e. The molecule has 2 N–H and O–H groups in total. The van der Waals surface area contributed by atoms with Crippen molar-refractivity contribution in [2.24, 2.45) is 5.73 Å². The lowest BCUT2D eigenvalue weighted by atomic mass is 10.1. The molecule has 1 aromatic rings. The summed E-state index contributed by atoms with van der Waals surface area (Å²) in [5, 5.41) is 8.82. The molecule has 0 radical (unpaired) electrons. The van der Waals surface area contributed by atoms with E-state index in [0.29, 0.717) is 12.3 Å². The summed E-state index contributed by atoms with van der Waals surface area (Å²) in [6.45, 7) is 4.18. The van der Waals surface area contributed by atoms with Gasteiger partial charge in [-0.25, -0.2) is 4.98 Å². The first-order valence-corrected chi connectivity index (χ1v) is 5.69. The van der Waals surface area contributed by atoms with Gasteiger partial charge in [-0.2, -0.15) is 5.26 Å². The highest BCUT2D eigenvalue weighted by Gasteiger charge is 2.23. The molecule has 0 aromatic carbocycles. The fourth-order valence-electron chi connectivity index (χ4n) is 1.91. The lowest BCUT2D eigenvalue weighted by Crippen LogP contribution is -2.49. The second-order valence-corrected chi connectivity index (χ2v) is 4.23. The number of nitrogens with zero attached hydrogens (tertiary/aromatic N) is 3. The maximum Gasteiger partial charge on any atom is 0.142 e. The van der Waals surface area contributed by atoms with Crippen LogP contribution in [0.25, 0.3) is 0 Å². The van der Waals surface area contributed by atoms with Crippen LogP contribution in [0.15, 0.2) is 18.3 Å². The summed E-state index contributed by atoms with van der Waals surface area (Å²) in [6, 6.07) is 5.76. The first kappa shape index (κ1) is 11.8. The minimum atomic E-state index is 0.00933. The van der Waals surface area contributed by atoms with E-state index >= 15 is 0 Å². The van der Waals surface area contributed by atoms with E-state index in [0.717, 1.165) is 18.8 Å². The molecule has 2 rings (SSSR count). The number of ether oxygens (including phenoxy) is 1. The molecule has 2 atom stereocenters. The van der Waals surface area contributed by atoms with Crippen LogP contribution in [0.2, 0.25) is 0 Å². The maximum atomic E-state index is 8.82. The number of aromatic nitrogens is 1. The van der Waals surface area contributed by atoms with Crippen LogP contribution in [0.1, 0.15) is 12.6 Å². The third-order valence-electron chi connectivity index (χ3n) is 2.90. The van der Waals surface area contributed by atoms with Gasteiger partial charge >= 0.3 is 0 Å². The SMILES string of the molecule is CC(N)C1CN(c2ccnc(C#N)c2)CCO1. The van der Waals surface area contributed by atoms with Gasteiger partial charge in [0.25, 0.3) is 0 Å². The number of nitrogens with two attached hydrogens (primary N) is 1. The molecule has 0 aliphatic carbocycles. The van der Waals surface area contributed by atoms with E-state index in [9.17, 15) is 0 Å². The highest BCUT2D eigenvalue weighted by molar-refractivity contribution is 5.49. The third-order valence-corrected chi connectivity index (χ3v) is 2.90. The van der Waals surface area contributed by atoms with Crippen LogP contribution in [-0.4, -0.2) is 36.8 Å². The van der Waals surface area contributed by atoms with Gasteiger partial charge in [0.15, 0.2) is 0 Å². The smallest absolute Gasteiger partial charge is 0.142 e. The van der Waals surface area contributed by atoms with Crippen molar-refractivity contribution in [1.82, 2.24) is 4.98 Å². The van der Waals surface area contributed by atoms with Crippen LogP contribution in [-0.2, 0) is 4.74 Å². The van der Waals surface area contributed by atoms with Crippen molar-refractivity contribution >= 4 is 5.69 Å². The molecule has 17 heavy (non-hydrogen) atoms. The Morgan fingerprint density at radius 1 is 1.71 bits per heavy atom. The van der Waals surface area contributed by atoms with Crippen molar-refractivity contribution < 1.29 is 4.74 Å². The summed E-state index contributed by atoms with van der Waals surface area (Å²) in [7, 11) is 0. The molecule has 2 heterocycles. The second-order valence-electron chi connectivity index (χ2n) is 4.23. The van der Waals surface area contributed by atoms with Crippen LogP contribution < -0.4 is 10.6 Å². The van der Waals surface area contributed by atoms with Crippen molar-refractivity contribution in [2.45, 2.75) is 19.1 Å². The van der Waals surface area contributed by atoms with Gasteiger partial charge in [-0.1, -0.05) is 0 Å². The summed E-state index contributed by atoms with van der Waals surface area (Å²) in [6.07, 6.45) is 1.70. The Kier molecular flexibility index (Phi) is 3.57. The highest BCUT2D eigenvalue weighted by Crippen LogP contribution is 2.18. The molecule has 0 bridgehead atoms. The number of morpholine rings is 1. The van der Waals surface area contributed by atoms with Crippen molar-refractivity contribution in [1.29, 1.82) is 5.26 Å². The van der Waals surface area contributed by atoms with Crippen molar-refractivity contribution in [2.75, 3.05) is 24.6 Å². The van der Waals surface area contributed by atoms with Crippen molar-refractivity contribution in [3.8, 4) is 6.07 Å². The van der Waals surface area contributed by atoms with E-state index in [2.05, 4.69) is 9.88 Å². The normalized spacial score (nSPS) is 21.9. The van der Waals surface area contributed by atoms with Crippen LogP contribution in [0, 0.1) is 11.3 Å². The summed E-state index contributed by atoms with van der Waals surface area (Å²) in [4.78, 5) is 6.14. The Hall–Kier alpha value is -1.64. The number of rotatable bonds is 2. The zero-order valence-corrected chi connectivity index (χ0v) is 9.84. The van der Waals surface area contributed by atoms with Crippen molar-refractivity contribution in [3.05, 3.63) is 24.0 Å². The topological polar surface area (TPSA) is 75.2 Å². The van der Waals surface area contributed by atoms with E-state index in [4.69, 9.17) is 15.7 Å². The van der Waals surface area contributed by atoms with Gasteiger partial charge in [-0.15, -0.1) is 0 Å². The lowest BCUT2D eigenvalue weighted by molar-refractivity contribution is 0.0276. The fourth-order valence-corrected chi connectivity index (χ4v) is 1.91. The Bertz CT molecular complexity index is 427. The van der Waals surface area contributed by atoms with Crippen molar-refractivity contribution in [3.63, 3.8) is 0 Å². The molecule has 1 fully saturated rings. The molecule has 1 aliphatic rings. The Morgan fingerprint density at radius 3 is 3.24 bits per heavy atom. The third kappa shape index (κ3) is 2.73. The fraction of sp³-hybridized carbons (Fsp3) is 0.500. The molecule has 5 nitrogen and oxygen atoms in total. The van der Waals surface area contributed by atoms with Crippen LogP contribution in [0.5, 0.6) is 0 Å². The molecule has 5 heteroatoms. The van der Waals surface area contributed by atoms with Crippen LogP contribution in [0.3, 0.4) is 0 Å². The van der Waals surface area contributed by atoms with Gasteiger partial charge in [-0.05, 0) is 19.1 Å². The Balaban J connectivity index is 2.13. The predicted octanol–water partition coefficient (Wildman–Crippen LogP) is 0.506. The molecule has 1 aliphatic heterocycles. The summed E-state index contributed by atoms with van der Waals surface area (Å²) in [5.41, 5.74) is 7.29. The van der Waals surface area contributed by atoms with E-state index in [1.165, 1.54) is 0 Å². The highest BCUT2D eigenvalue weighted by atomic mass is 16.5. The van der Waals surface area contributed by atoms with Crippen LogP contribution >= 0.6 is 0 Å². The standard InChI is InChI=1S/C12H16N4O/c1-9(14)12-8-16(4-5-17-12)11-2-3-15-10(6-11)7-13/h2-3,6,9,12H,4-5,8,14H2,1H3. The monoisotopic (exact) mass is 232 g/mol. The number of hydrogen-bond acceptors (Lipinski definition) is 5. The van der Waals surface area contributed by atoms with E-state index in [1.807, 2.05) is 19.1 Å². The molecule has 0 amide bonds. The zero-order chi connectivity index (χ0) is 12.3. The molecule has 90 valence electrons. The van der Waals surface area contributed by atoms with Gasteiger partial charge in [-0.3, -0.25) is 0 Å². The Morgan fingerprint density at radius 2 is 2.53 bits per heavy atom. The van der Waals surface area contributed by atoms with Gasteiger partial charge in [0, 0.05) is 31.0 Å². The Labute approximate surface area is 101 Å². The average molecular weight is 232 g/mol.